The molecule has 0 bridgehead atoms. The quantitative estimate of drug-likeness (QED) is 0.536. The minimum Gasteiger partial charge on any atom is -0.394 e. The summed E-state index contributed by atoms with van der Waals surface area (Å²) in [4.78, 5) is 12.7. The molecule has 0 aliphatic carbocycles. The summed E-state index contributed by atoms with van der Waals surface area (Å²) in [7, 11) is 0. The van der Waals surface area contributed by atoms with Crippen molar-refractivity contribution >= 4 is 17.5 Å². The fourth-order valence-electron chi connectivity index (χ4n) is 3.83. The largest absolute Gasteiger partial charge is 0.394 e. The summed E-state index contributed by atoms with van der Waals surface area (Å²) in [6, 6.07) is 5.45. The number of benzene rings is 1. The van der Waals surface area contributed by atoms with E-state index in [-0.39, 0.29) is 47.9 Å². The van der Waals surface area contributed by atoms with Crippen molar-refractivity contribution in [3.8, 4) is 6.07 Å². The molecule has 1 aliphatic heterocycles. The first-order chi connectivity index (χ1) is 13.5. The van der Waals surface area contributed by atoms with Crippen molar-refractivity contribution < 1.29 is 19.4 Å². The van der Waals surface area contributed by atoms with Gasteiger partial charge in [-0.25, -0.2) is 4.39 Å². The third kappa shape index (κ3) is 5.67. The monoisotopic (exact) mass is 425 g/mol. The van der Waals surface area contributed by atoms with Gasteiger partial charge < -0.3 is 20.8 Å². The summed E-state index contributed by atoms with van der Waals surface area (Å²) in [6.45, 7) is 5.90. The summed E-state index contributed by atoms with van der Waals surface area (Å²) in [5.41, 5.74) is -1.13. The molecule has 3 unspecified atom stereocenters. The Kier molecular flexibility index (Phi) is 7.63. The number of carbonyl (C=O) groups excluding carboxylic acids is 1. The van der Waals surface area contributed by atoms with Gasteiger partial charge in [-0.05, 0) is 36.8 Å². The van der Waals surface area contributed by atoms with Crippen molar-refractivity contribution in [1.29, 1.82) is 5.26 Å². The van der Waals surface area contributed by atoms with E-state index in [9.17, 15) is 19.6 Å². The molecule has 4 atom stereocenters. The Balaban J connectivity index is 2.30. The lowest BCUT2D eigenvalue weighted by molar-refractivity contribution is -0.123. The first-order valence-corrected chi connectivity index (χ1v) is 10.1. The zero-order valence-corrected chi connectivity index (χ0v) is 17.8. The summed E-state index contributed by atoms with van der Waals surface area (Å²) < 4.78 is 14.8. The van der Waals surface area contributed by atoms with E-state index in [1.54, 1.807) is 6.07 Å². The molecule has 160 valence electrons. The Morgan fingerprint density at radius 1 is 1.52 bits per heavy atom. The fourth-order valence-corrected chi connectivity index (χ4v) is 3.99. The SMILES string of the molecule is CC(C)(C)CC1NC(C(=O)NCC[C@H](O)CO)CC1(C#N)c1ccc(Cl)cc1F. The molecule has 1 fully saturated rings. The Bertz CT molecular complexity index is 777. The van der Waals surface area contributed by atoms with Crippen LogP contribution in [0.25, 0.3) is 0 Å². The zero-order valence-electron chi connectivity index (χ0n) is 17.0. The molecule has 2 rings (SSSR count). The minimum atomic E-state index is -1.21. The summed E-state index contributed by atoms with van der Waals surface area (Å²) >= 11 is 5.89. The highest BCUT2D eigenvalue weighted by Crippen LogP contribution is 2.43. The number of nitriles is 1. The van der Waals surface area contributed by atoms with Gasteiger partial charge in [0.05, 0.1) is 24.8 Å². The van der Waals surface area contributed by atoms with Gasteiger partial charge in [-0.1, -0.05) is 38.4 Å². The van der Waals surface area contributed by atoms with Crippen LogP contribution in [0.1, 0.15) is 45.6 Å². The second-order valence-electron chi connectivity index (χ2n) is 8.86. The van der Waals surface area contributed by atoms with E-state index in [1.165, 1.54) is 12.1 Å². The van der Waals surface area contributed by atoms with Gasteiger partial charge in [0.2, 0.25) is 5.91 Å². The molecule has 8 heteroatoms. The van der Waals surface area contributed by atoms with Crippen LogP contribution < -0.4 is 10.6 Å². The summed E-state index contributed by atoms with van der Waals surface area (Å²) in [5, 5.41) is 34.6. The van der Waals surface area contributed by atoms with Crippen LogP contribution >= 0.6 is 11.6 Å². The van der Waals surface area contributed by atoms with Crippen LogP contribution in [0.15, 0.2) is 18.2 Å². The number of aliphatic hydroxyl groups excluding tert-OH is 2. The molecule has 0 radical (unpaired) electrons. The molecule has 1 heterocycles. The van der Waals surface area contributed by atoms with Gasteiger partial charge in [0.1, 0.15) is 11.2 Å². The van der Waals surface area contributed by atoms with Gasteiger partial charge in [0.15, 0.2) is 0 Å². The number of carbonyl (C=O) groups is 1. The smallest absolute Gasteiger partial charge is 0.237 e. The normalized spacial score (nSPS) is 25.4. The first kappa shape index (κ1) is 23.6. The van der Waals surface area contributed by atoms with Gasteiger partial charge in [-0.3, -0.25) is 4.79 Å². The molecule has 4 N–H and O–H groups in total. The van der Waals surface area contributed by atoms with Crippen molar-refractivity contribution in [2.45, 2.75) is 63.6 Å². The third-order valence-corrected chi connectivity index (χ3v) is 5.49. The summed E-state index contributed by atoms with van der Waals surface area (Å²) in [6.07, 6.45) is 0.00409. The highest BCUT2D eigenvalue weighted by molar-refractivity contribution is 6.30. The number of nitrogens with one attached hydrogen (secondary N) is 2. The molecule has 6 nitrogen and oxygen atoms in total. The predicted octanol–water partition coefficient (Wildman–Crippen LogP) is 2.27. The van der Waals surface area contributed by atoms with Gasteiger partial charge in [-0.15, -0.1) is 0 Å². The molecule has 1 aromatic carbocycles. The van der Waals surface area contributed by atoms with Crippen molar-refractivity contribution in [2.75, 3.05) is 13.2 Å². The number of nitrogens with zero attached hydrogens (tertiary/aromatic N) is 1. The number of rotatable bonds is 7. The maximum Gasteiger partial charge on any atom is 0.237 e. The lowest BCUT2D eigenvalue weighted by Gasteiger charge is -2.33. The Labute approximate surface area is 176 Å². The molecule has 1 saturated heterocycles. The van der Waals surface area contributed by atoms with Crippen molar-refractivity contribution in [2.24, 2.45) is 5.41 Å². The van der Waals surface area contributed by atoms with Gasteiger partial charge in [-0.2, -0.15) is 5.26 Å². The number of aliphatic hydroxyl groups is 2. The van der Waals surface area contributed by atoms with Crippen molar-refractivity contribution in [3.05, 3.63) is 34.6 Å². The average molecular weight is 426 g/mol. The van der Waals surface area contributed by atoms with E-state index in [1.807, 2.05) is 20.8 Å². The second-order valence-corrected chi connectivity index (χ2v) is 9.30. The first-order valence-electron chi connectivity index (χ1n) is 9.72. The Morgan fingerprint density at radius 3 is 2.76 bits per heavy atom. The van der Waals surface area contributed by atoms with E-state index in [0.29, 0.717) is 6.42 Å². The van der Waals surface area contributed by atoms with Crippen LogP contribution in [-0.4, -0.2) is 47.5 Å². The predicted molar refractivity (Wildman–Crippen MR) is 109 cm³/mol. The Morgan fingerprint density at radius 2 is 2.21 bits per heavy atom. The van der Waals surface area contributed by atoms with E-state index in [2.05, 4.69) is 16.7 Å². The molecular weight excluding hydrogens is 397 g/mol. The molecule has 1 aromatic rings. The van der Waals surface area contributed by atoms with E-state index < -0.39 is 29.4 Å². The van der Waals surface area contributed by atoms with Crippen LogP contribution in [0.4, 0.5) is 4.39 Å². The molecule has 0 aromatic heterocycles. The maximum absolute atomic E-state index is 14.8. The molecule has 0 saturated carbocycles. The lowest BCUT2D eigenvalue weighted by atomic mass is 9.70. The van der Waals surface area contributed by atoms with Crippen LogP contribution in [0.5, 0.6) is 0 Å². The molecule has 29 heavy (non-hydrogen) atoms. The van der Waals surface area contributed by atoms with Gasteiger partial charge in [0, 0.05) is 23.2 Å². The average Bonchev–Trinajstić information content (AvgIpc) is 2.99. The van der Waals surface area contributed by atoms with Crippen LogP contribution in [0.3, 0.4) is 0 Å². The van der Waals surface area contributed by atoms with E-state index in [0.717, 1.165) is 0 Å². The van der Waals surface area contributed by atoms with Gasteiger partial charge in [0.25, 0.3) is 0 Å². The second kappa shape index (κ2) is 9.40. The highest BCUT2D eigenvalue weighted by atomic mass is 35.5. The lowest BCUT2D eigenvalue weighted by Crippen LogP contribution is -2.46. The number of halogens is 2. The van der Waals surface area contributed by atoms with Crippen LogP contribution in [0.2, 0.25) is 5.02 Å². The van der Waals surface area contributed by atoms with Crippen LogP contribution in [-0.2, 0) is 10.2 Å². The van der Waals surface area contributed by atoms with Crippen molar-refractivity contribution in [3.63, 3.8) is 0 Å². The van der Waals surface area contributed by atoms with Gasteiger partial charge >= 0.3 is 0 Å². The highest BCUT2D eigenvalue weighted by Gasteiger charge is 2.52. The summed E-state index contributed by atoms with van der Waals surface area (Å²) in [5.74, 6) is -0.882. The molecule has 0 spiro atoms. The Hall–Kier alpha value is -1.72. The molecule has 1 aliphatic rings. The zero-order chi connectivity index (χ0) is 21.8. The minimum absolute atomic E-state index is 0.122. The molecule has 1 amide bonds. The van der Waals surface area contributed by atoms with E-state index >= 15 is 0 Å². The molecular formula is C21H29ClFN3O3. The number of hydrogen-bond acceptors (Lipinski definition) is 5. The standard InChI is InChI=1S/C21H29ClFN3O3/c1-20(2,3)10-18-21(12-24,15-5-4-13(22)8-16(15)23)9-17(26-18)19(29)25-7-6-14(28)11-27/h4-5,8,14,17-18,26-28H,6-7,9-11H2,1-3H3,(H,25,29)/t14-,17?,18?,21?/m0/s1. The fraction of sp³-hybridized carbons (Fsp3) is 0.619. The number of hydrogen-bond donors (Lipinski definition) is 4. The van der Waals surface area contributed by atoms with E-state index in [4.69, 9.17) is 16.7 Å². The van der Waals surface area contributed by atoms with Crippen molar-refractivity contribution in [1.82, 2.24) is 10.6 Å². The van der Waals surface area contributed by atoms with Crippen LogP contribution in [0, 0.1) is 22.6 Å². The number of amides is 1. The third-order valence-electron chi connectivity index (χ3n) is 5.26. The topological polar surface area (TPSA) is 105 Å². The maximum atomic E-state index is 14.8.